The zero-order valence-electron chi connectivity index (χ0n) is 10.2. The zero-order chi connectivity index (χ0) is 13.9. The van der Waals surface area contributed by atoms with Gasteiger partial charge in [-0.2, -0.15) is 0 Å². The van der Waals surface area contributed by atoms with Crippen LogP contribution in [0, 0.1) is 0 Å². The molecule has 7 nitrogen and oxygen atoms in total. The molecule has 1 aliphatic rings. The molecule has 1 amide bonds. The Kier molecular flexibility index (Phi) is 4.01. The first-order valence-electron chi connectivity index (χ1n) is 5.95. The molecule has 1 aromatic rings. The van der Waals surface area contributed by atoms with Crippen molar-refractivity contribution in [3.05, 3.63) is 28.7 Å². The molecule has 1 aliphatic carbocycles. The maximum Gasteiger partial charge on any atom is 0.247 e. The van der Waals surface area contributed by atoms with Crippen LogP contribution in [0.15, 0.2) is 28.0 Å². The van der Waals surface area contributed by atoms with E-state index in [0.717, 1.165) is 25.1 Å². The van der Waals surface area contributed by atoms with E-state index in [0.29, 0.717) is 0 Å². The first-order valence-corrected chi connectivity index (χ1v) is 7.43. The van der Waals surface area contributed by atoms with Crippen molar-refractivity contribution in [1.29, 1.82) is 0 Å². The monoisotopic (exact) mass is 285 g/mol. The fourth-order valence-corrected chi connectivity index (χ4v) is 2.47. The van der Waals surface area contributed by atoms with Gasteiger partial charge in [0.1, 0.15) is 0 Å². The van der Waals surface area contributed by atoms with Crippen LogP contribution in [0.3, 0.4) is 0 Å². The van der Waals surface area contributed by atoms with Crippen LogP contribution in [-0.2, 0) is 14.8 Å². The van der Waals surface area contributed by atoms with Gasteiger partial charge >= 0.3 is 0 Å². The molecule has 0 aliphatic heterocycles. The van der Waals surface area contributed by atoms with Crippen molar-refractivity contribution in [3.8, 4) is 0 Å². The molecule has 8 heteroatoms. The summed E-state index contributed by atoms with van der Waals surface area (Å²) in [6.07, 6.45) is 3.21. The Morgan fingerprint density at radius 1 is 1.37 bits per heavy atom. The first kappa shape index (κ1) is 13.8. The predicted octanol–water partition coefficient (Wildman–Crippen LogP) is -0.678. The van der Waals surface area contributed by atoms with Crippen LogP contribution >= 0.6 is 0 Å². The van der Waals surface area contributed by atoms with Crippen LogP contribution in [0.25, 0.3) is 0 Å². The average Bonchev–Trinajstić information content (AvgIpc) is 3.13. The highest BCUT2D eigenvalue weighted by Gasteiger charge is 2.23. The minimum atomic E-state index is -3.69. The van der Waals surface area contributed by atoms with E-state index in [1.165, 1.54) is 6.07 Å². The van der Waals surface area contributed by atoms with Gasteiger partial charge in [0, 0.05) is 31.3 Å². The Morgan fingerprint density at radius 3 is 2.68 bits per heavy atom. The first-order chi connectivity index (χ1) is 8.97. The maximum absolute atomic E-state index is 11.8. The van der Waals surface area contributed by atoms with Gasteiger partial charge in [0.2, 0.25) is 21.5 Å². The van der Waals surface area contributed by atoms with Crippen LogP contribution in [0.5, 0.6) is 0 Å². The van der Waals surface area contributed by atoms with Gasteiger partial charge in [0.05, 0.1) is 4.90 Å². The van der Waals surface area contributed by atoms with Gasteiger partial charge in [-0.15, -0.1) is 0 Å². The number of rotatable bonds is 6. The van der Waals surface area contributed by atoms with Gasteiger partial charge in [-0.25, -0.2) is 13.1 Å². The van der Waals surface area contributed by atoms with Crippen LogP contribution in [0.2, 0.25) is 0 Å². The largest absolute Gasteiger partial charge is 0.353 e. The Morgan fingerprint density at radius 2 is 2.11 bits per heavy atom. The third kappa shape index (κ3) is 4.18. The predicted molar refractivity (Wildman–Crippen MR) is 68.0 cm³/mol. The van der Waals surface area contributed by atoms with Crippen LogP contribution < -0.4 is 15.6 Å². The molecule has 0 radical (unpaired) electrons. The maximum atomic E-state index is 11.8. The summed E-state index contributed by atoms with van der Waals surface area (Å²) in [6.45, 7) is 0.0278. The molecule has 1 fully saturated rings. The lowest BCUT2D eigenvalue weighted by atomic mass is 10.4. The molecule has 1 saturated carbocycles. The third-order valence-corrected chi connectivity index (χ3v) is 4.11. The number of carbonyl (C=O) groups is 1. The molecule has 0 saturated heterocycles. The highest BCUT2D eigenvalue weighted by molar-refractivity contribution is 7.89. The standard InChI is InChI=1S/C11H15N3O4S/c15-10-4-3-9(7-12-10)19(17,18)13-6-5-11(16)14-8-1-2-8/h3-4,7-8,13H,1-2,5-6H2,(H,12,15)(H,14,16). The number of hydrogen-bond acceptors (Lipinski definition) is 4. The average molecular weight is 285 g/mol. The van der Waals surface area contributed by atoms with Crippen molar-refractivity contribution in [2.75, 3.05) is 6.54 Å². The van der Waals surface area contributed by atoms with E-state index >= 15 is 0 Å². The van der Waals surface area contributed by atoms with Crippen LogP contribution in [0.1, 0.15) is 19.3 Å². The van der Waals surface area contributed by atoms with E-state index in [-0.39, 0.29) is 35.4 Å². The highest BCUT2D eigenvalue weighted by atomic mass is 32.2. The van der Waals surface area contributed by atoms with Gasteiger partial charge in [-0.1, -0.05) is 0 Å². The fraction of sp³-hybridized carbons (Fsp3) is 0.455. The summed E-state index contributed by atoms with van der Waals surface area (Å²) >= 11 is 0. The molecular formula is C11H15N3O4S. The summed E-state index contributed by atoms with van der Waals surface area (Å²) in [5.41, 5.74) is -0.372. The lowest BCUT2D eigenvalue weighted by Gasteiger charge is -2.06. The molecule has 19 heavy (non-hydrogen) atoms. The smallest absolute Gasteiger partial charge is 0.247 e. The number of aromatic nitrogens is 1. The van der Waals surface area contributed by atoms with Crippen molar-refractivity contribution in [1.82, 2.24) is 15.0 Å². The molecule has 0 bridgehead atoms. The molecule has 0 unspecified atom stereocenters. The number of nitrogens with one attached hydrogen (secondary N) is 3. The molecule has 0 aromatic carbocycles. The number of carbonyl (C=O) groups excluding carboxylic acids is 1. The summed E-state index contributed by atoms with van der Waals surface area (Å²) in [5.74, 6) is -0.160. The highest BCUT2D eigenvalue weighted by Crippen LogP contribution is 2.18. The Balaban J connectivity index is 1.85. The number of sulfonamides is 1. The minimum Gasteiger partial charge on any atom is -0.353 e. The molecule has 3 N–H and O–H groups in total. The SMILES string of the molecule is O=C(CCNS(=O)(=O)c1ccc(=O)[nH]c1)NC1CC1. The van der Waals surface area contributed by atoms with E-state index in [4.69, 9.17) is 0 Å². The summed E-state index contributed by atoms with van der Waals surface area (Å²) in [7, 11) is -3.69. The second-order valence-electron chi connectivity index (χ2n) is 4.38. The topological polar surface area (TPSA) is 108 Å². The van der Waals surface area contributed by atoms with Crippen LogP contribution in [0.4, 0.5) is 0 Å². The second-order valence-corrected chi connectivity index (χ2v) is 6.15. The van der Waals surface area contributed by atoms with Gasteiger partial charge in [-0.05, 0) is 18.9 Å². The number of pyridine rings is 1. The molecular weight excluding hydrogens is 270 g/mol. The summed E-state index contributed by atoms with van der Waals surface area (Å²) in [5, 5.41) is 2.77. The molecule has 2 rings (SSSR count). The van der Waals surface area contributed by atoms with E-state index in [1.807, 2.05) is 0 Å². The Labute approximate surface area is 110 Å². The van der Waals surface area contributed by atoms with Crippen molar-refractivity contribution in [3.63, 3.8) is 0 Å². The lowest BCUT2D eigenvalue weighted by Crippen LogP contribution is -2.31. The molecule has 104 valence electrons. The molecule has 1 aromatic heterocycles. The minimum absolute atomic E-state index is 0.0278. The summed E-state index contributed by atoms with van der Waals surface area (Å²) in [6, 6.07) is 2.61. The van der Waals surface area contributed by atoms with Gasteiger partial charge in [0.25, 0.3) is 0 Å². The van der Waals surface area contributed by atoms with Gasteiger partial charge < -0.3 is 10.3 Å². The molecule has 0 spiro atoms. The van der Waals surface area contributed by atoms with Crippen molar-refractivity contribution >= 4 is 15.9 Å². The van der Waals surface area contributed by atoms with Crippen molar-refractivity contribution in [2.45, 2.75) is 30.2 Å². The fourth-order valence-electron chi connectivity index (χ4n) is 1.47. The number of amides is 1. The third-order valence-electron chi connectivity index (χ3n) is 2.65. The van der Waals surface area contributed by atoms with E-state index in [9.17, 15) is 18.0 Å². The zero-order valence-corrected chi connectivity index (χ0v) is 11.0. The number of aromatic amines is 1. The molecule has 1 heterocycles. The van der Waals surface area contributed by atoms with Gasteiger partial charge in [0.15, 0.2) is 0 Å². The normalized spacial score (nSPS) is 15.2. The van der Waals surface area contributed by atoms with E-state index in [2.05, 4.69) is 15.0 Å². The summed E-state index contributed by atoms with van der Waals surface area (Å²) < 4.78 is 25.9. The van der Waals surface area contributed by atoms with E-state index in [1.54, 1.807) is 0 Å². The second kappa shape index (κ2) is 5.54. The van der Waals surface area contributed by atoms with Crippen molar-refractivity contribution in [2.24, 2.45) is 0 Å². The van der Waals surface area contributed by atoms with Gasteiger partial charge in [-0.3, -0.25) is 9.59 Å². The Bertz CT molecular complexity index is 599. The van der Waals surface area contributed by atoms with Crippen molar-refractivity contribution < 1.29 is 13.2 Å². The lowest BCUT2D eigenvalue weighted by molar-refractivity contribution is -0.121. The van der Waals surface area contributed by atoms with E-state index < -0.39 is 10.0 Å². The summed E-state index contributed by atoms with van der Waals surface area (Å²) in [4.78, 5) is 24.5. The molecule has 0 atom stereocenters. The number of H-pyrrole nitrogens is 1. The quantitative estimate of drug-likeness (QED) is 0.643. The Hall–Kier alpha value is -1.67. The number of hydrogen-bond donors (Lipinski definition) is 3. The van der Waals surface area contributed by atoms with Crippen LogP contribution in [-0.4, -0.2) is 31.9 Å².